The largest absolute Gasteiger partial charge is 0.307 e. The Morgan fingerprint density at radius 2 is 2.29 bits per heavy atom. The molecule has 0 bridgehead atoms. The van der Waals surface area contributed by atoms with E-state index in [1.807, 2.05) is 0 Å². The molecule has 1 aliphatic carbocycles. The molecule has 0 aliphatic heterocycles. The van der Waals surface area contributed by atoms with Crippen molar-refractivity contribution in [2.24, 2.45) is 0 Å². The summed E-state index contributed by atoms with van der Waals surface area (Å²) < 4.78 is 23.8. The van der Waals surface area contributed by atoms with Gasteiger partial charge in [-0.2, -0.15) is 0 Å². The van der Waals surface area contributed by atoms with Crippen molar-refractivity contribution in [1.82, 2.24) is 5.32 Å². The highest BCUT2D eigenvalue weighted by Gasteiger charge is 2.16. The number of alkyl halides is 2. The second-order valence-corrected chi connectivity index (χ2v) is 4.50. The number of nitrogens with one attached hydrogen (secondary N) is 1. The number of rotatable bonds is 4. The number of hydrogen-bond donors (Lipinski definition) is 1. The fourth-order valence-corrected chi connectivity index (χ4v) is 3.01. The van der Waals surface area contributed by atoms with Gasteiger partial charge in [-0.05, 0) is 35.8 Å². The number of thiophene rings is 1. The lowest BCUT2D eigenvalue weighted by Gasteiger charge is -2.03. The first-order valence-corrected chi connectivity index (χ1v) is 5.72. The second kappa shape index (κ2) is 4.36. The van der Waals surface area contributed by atoms with Crippen molar-refractivity contribution >= 4 is 11.3 Å². The Hall–Kier alpha value is -0.480. The molecule has 0 atom stereocenters. The highest BCUT2D eigenvalue weighted by atomic mass is 32.1. The number of halogens is 2. The van der Waals surface area contributed by atoms with Gasteiger partial charge in [-0.1, -0.05) is 0 Å². The van der Waals surface area contributed by atoms with Gasteiger partial charge >= 0.3 is 0 Å². The van der Waals surface area contributed by atoms with Crippen molar-refractivity contribution < 1.29 is 8.78 Å². The Kier molecular flexibility index (Phi) is 3.13. The lowest BCUT2D eigenvalue weighted by Crippen LogP contribution is -2.20. The molecule has 0 saturated heterocycles. The molecule has 0 saturated carbocycles. The summed E-state index contributed by atoms with van der Waals surface area (Å²) in [4.78, 5) is 1.46. The van der Waals surface area contributed by atoms with Crippen LogP contribution in [0.3, 0.4) is 0 Å². The standard InChI is InChI=1S/C10H13F2NS/c11-10(12)5-13-4-7-6-14-9-3-1-2-8(7)9/h6,10,13H,1-5H2. The second-order valence-electron chi connectivity index (χ2n) is 3.54. The number of aryl methyl sites for hydroxylation is 1. The molecule has 1 nitrogen and oxygen atoms in total. The smallest absolute Gasteiger partial charge is 0.250 e. The molecule has 1 N–H and O–H groups in total. The molecular weight excluding hydrogens is 204 g/mol. The van der Waals surface area contributed by atoms with E-state index in [0.717, 1.165) is 6.42 Å². The summed E-state index contributed by atoms with van der Waals surface area (Å²) >= 11 is 1.77. The summed E-state index contributed by atoms with van der Waals surface area (Å²) in [7, 11) is 0. The van der Waals surface area contributed by atoms with Crippen molar-refractivity contribution in [2.45, 2.75) is 32.2 Å². The van der Waals surface area contributed by atoms with Gasteiger partial charge < -0.3 is 5.32 Å². The van der Waals surface area contributed by atoms with Gasteiger partial charge in [0, 0.05) is 11.4 Å². The Balaban J connectivity index is 1.90. The molecule has 1 aromatic rings. The highest BCUT2D eigenvalue weighted by Crippen LogP contribution is 2.30. The van der Waals surface area contributed by atoms with Gasteiger partial charge in [-0.25, -0.2) is 8.78 Å². The fourth-order valence-electron chi connectivity index (χ4n) is 1.86. The van der Waals surface area contributed by atoms with E-state index in [2.05, 4.69) is 10.7 Å². The van der Waals surface area contributed by atoms with E-state index in [0.29, 0.717) is 6.54 Å². The van der Waals surface area contributed by atoms with Crippen LogP contribution in [0.1, 0.15) is 22.4 Å². The summed E-state index contributed by atoms with van der Waals surface area (Å²) in [6.45, 7) is 0.390. The molecule has 0 radical (unpaired) electrons. The maximum absolute atomic E-state index is 11.9. The Labute approximate surface area is 86.1 Å². The van der Waals surface area contributed by atoms with E-state index >= 15 is 0 Å². The van der Waals surface area contributed by atoms with Crippen LogP contribution in [0.4, 0.5) is 8.78 Å². The lowest BCUT2D eigenvalue weighted by atomic mass is 10.1. The minimum Gasteiger partial charge on any atom is -0.307 e. The first-order valence-electron chi connectivity index (χ1n) is 4.84. The number of fused-ring (bicyclic) bond motifs is 1. The van der Waals surface area contributed by atoms with Crippen molar-refractivity contribution in [2.75, 3.05) is 6.54 Å². The minimum atomic E-state index is -2.25. The Bertz CT molecular complexity index is 309. The van der Waals surface area contributed by atoms with Crippen molar-refractivity contribution in [3.63, 3.8) is 0 Å². The zero-order valence-corrected chi connectivity index (χ0v) is 8.67. The maximum atomic E-state index is 11.9. The van der Waals surface area contributed by atoms with Crippen LogP contribution in [0, 0.1) is 0 Å². The zero-order chi connectivity index (χ0) is 9.97. The summed E-state index contributed by atoms with van der Waals surface area (Å²) in [6, 6.07) is 0. The third-order valence-corrected chi connectivity index (χ3v) is 3.65. The van der Waals surface area contributed by atoms with Crippen LogP contribution in [0.15, 0.2) is 5.38 Å². The van der Waals surface area contributed by atoms with Crippen LogP contribution in [0.25, 0.3) is 0 Å². The predicted octanol–water partition coefficient (Wildman–Crippen LogP) is 2.59. The molecule has 14 heavy (non-hydrogen) atoms. The number of hydrogen-bond acceptors (Lipinski definition) is 2. The quantitative estimate of drug-likeness (QED) is 0.817. The van der Waals surface area contributed by atoms with Crippen LogP contribution < -0.4 is 5.32 Å². The molecule has 0 unspecified atom stereocenters. The monoisotopic (exact) mass is 217 g/mol. The van der Waals surface area contributed by atoms with E-state index in [9.17, 15) is 8.78 Å². The predicted molar refractivity (Wildman–Crippen MR) is 54.1 cm³/mol. The van der Waals surface area contributed by atoms with Crippen LogP contribution in [-0.4, -0.2) is 13.0 Å². The summed E-state index contributed by atoms with van der Waals surface area (Å²) in [5.74, 6) is 0. The van der Waals surface area contributed by atoms with Crippen molar-refractivity contribution in [3.05, 3.63) is 21.4 Å². The molecule has 1 heterocycles. The topological polar surface area (TPSA) is 12.0 Å². The maximum Gasteiger partial charge on any atom is 0.250 e. The van der Waals surface area contributed by atoms with Gasteiger partial charge in [-0.15, -0.1) is 11.3 Å². The van der Waals surface area contributed by atoms with Crippen LogP contribution >= 0.6 is 11.3 Å². The summed E-state index contributed by atoms with van der Waals surface area (Å²) in [5.41, 5.74) is 2.64. The van der Waals surface area contributed by atoms with Crippen molar-refractivity contribution in [1.29, 1.82) is 0 Å². The normalized spacial score (nSPS) is 15.1. The van der Waals surface area contributed by atoms with E-state index in [1.165, 1.54) is 28.8 Å². The Morgan fingerprint density at radius 1 is 1.43 bits per heavy atom. The SMILES string of the molecule is FC(F)CNCc1csc2c1CCC2. The third kappa shape index (κ3) is 2.12. The van der Waals surface area contributed by atoms with E-state index < -0.39 is 6.43 Å². The minimum absolute atomic E-state index is 0.204. The first kappa shape index (κ1) is 10.1. The highest BCUT2D eigenvalue weighted by molar-refractivity contribution is 7.10. The first-order chi connectivity index (χ1) is 6.77. The molecule has 1 aliphatic rings. The van der Waals surface area contributed by atoms with Gasteiger partial charge in [0.25, 0.3) is 6.43 Å². The molecule has 0 aromatic carbocycles. The van der Waals surface area contributed by atoms with Gasteiger partial charge in [-0.3, -0.25) is 0 Å². The average Bonchev–Trinajstić information content (AvgIpc) is 2.67. The van der Waals surface area contributed by atoms with Crippen LogP contribution in [-0.2, 0) is 19.4 Å². The zero-order valence-electron chi connectivity index (χ0n) is 7.85. The van der Waals surface area contributed by atoms with Gasteiger partial charge in [0.05, 0.1) is 6.54 Å². The van der Waals surface area contributed by atoms with Crippen LogP contribution in [0.2, 0.25) is 0 Å². The molecule has 0 fully saturated rings. The molecule has 0 spiro atoms. The fraction of sp³-hybridized carbons (Fsp3) is 0.600. The van der Waals surface area contributed by atoms with Gasteiger partial charge in [0.15, 0.2) is 0 Å². The van der Waals surface area contributed by atoms with E-state index in [4.69, 9.17) is 0 Å². The van der Waals surface area contributed by atoms with Crippen LogP contribution in [0.5, 0.6) is 0 Å². The molecular formula is C10H13F2NS. The molecule has 1 aromatic heterocycles. The molecule has 2 rings (SSSR count). The van der Waals surface area contributed by atoms with Crippen molar-refractivity contribution in [3.8, 4) is 0 Å². The summed E-state index contributed by atoms with van der Waals surface area (Å²) in [5, 5.41) is 4.87. The molecule has 4 heteroatoms. The van der Waals surface area contributed by atoms with Gasteiger partial charge in [0.1, 0.15) is 0 Å². The third-order valence-electron chi connectivity index (χ3n) is 2.51. The summed E-state index contributed by atoms with van der Waals surface area (Å²) in [6.07, 6.45) is 1.28. The van der Waals surface area contributed by atoms with E-state index in [-0.39, 0.29) is 6.54 Å². The Morgan fingerprint density at radius 3 is 3.07 bits per heavy atom. The average molecular weight is 217 g/mol. The van der Waals surface area contributed by atoms with E-state index in [1.54, 1.807) is 11.3 Å². The lowest BCUT2D eigenvalue weighted by molar-refractivity contribution is 0.145. The molecule has 0 amide bonds. The molecule has 78 valence electrons. The van der Waals surface area contributed by atoms with Gasteiger partial charge in [0.2, 0.25) is 0 Å².